The van der Waals surface area contributed by atoms with Gasteiger partial charge in [-0.25, -0.2) is 0 Å². The first kappa shape index (κ1) is 14.8. The van der Waals surface area contributed by atoms with E-state index in [4.69, 9.17) is 11.6 Å². The average Bonchev–Trinajstić information content (AvgIpc) is 3.07. The molecule has 2 aromatic rings. The number of aromatic nitrogens is 3. The molecule has 1 amide bonds. The van der Waals surface area contributed by atoms with E-state index in [0.29, 0.717) is 18.7 Å². The largest absolute Gasteiger partial charge is 0.336 e. The third kappa shape index (κ3) is 2.66. The van der Waals surface area contributed by atoms with Gasteiger partial charge in [0.05, 0.1) is 17.3 Å². The molecule has 0 spiro atoms. The van der Waals surface area contributed by atoms with Crippen LogP contribution in [0.4, 0.5) is 0 Å². The van der Waals surface area contributed by atoms with Gasteiger partial charge < -0.3 is 9.88 Å². The van der Waals surface area contributed by atoms with Crippen molar-refractivity contribution in [1.29, 1.82) is 0 Å². The molecule has 1 aliphatic rings. The van der Waals surface area contributed by atoms with Crippen LogP contribution in [0.1, 0.15) is 34.2 Å². The minimum Gasteiger partial charge on any atom is -0.336 e. The highest BCUT2D eigenvalue weighted by atomic mass is 35.5. The number of H-pyrrole nitrogens is 1. The molecular formula is C15H17ClN4O2. The van der Waals surface area contributed by atoms with E-state index in [1.54, 1.807) is 4.90 Å². The van der Waals surface area contributed by atoms with Crippen molar-refractivity contribution in [1.82, 2.24) is 19.7 Å². The monoisotopic (exact) mass is 320 g/mol. The smallest absolute Gasteiger partial charge is 0.266 e. The first-order valence-electron chi connectivity index (χ1n) is 7.16. The number of halogens is 1. The van der Waals surface area contributed by atoms with E-state index in [0.717, 1.165) is 17.8 Å². The summed E-state index contributed by atoms with van der Waals surface area (Å²) in [6.07, 6.45) is 2.28. The zero-order valence-electron chi connectivity index (χ0n) is 12.5. The summed E-state index contributed by atoms with van der Waals surface area (Å²) in [7, 11) is 0. The second-order valence-corrected chi connectivity index (χ2v) is 6.04. The number of aryl methyl sites for hydroxylation is 2. The van der Waals surface area contributed by atoms with Crippen LogP contribution in [-0.4, -0.2) is 38.7 Å². The number of carbonyl (C=O) groups is 1. The van der Waals surface area contributed by atoms with Crippen molar-refractivity contribution in [3.8, 4) is 0 Å². The highest BCUT2D eigenvalue weighted by Crippen LogP contribution is 2.24. The Morgan fingerprint density at radius 2 is 2.18 bits per heavy atom. The molecule has 1 fully saturated rings. The number of amides is 1. The average molecular weight is 321 g/mol. The zero-order chi connectivity index (χ0) is 15.9. The predicted octanol–water partition coefficient (Wildman–Crippen LogP) is 1.93. The summed E-state index contributed by atoms with van der Waals surface area (Å²) >= 11 is 5.78. The lowest BCUT2D eigenvalue weighted by molar-refractivity contribution is 0.0786. The topological polar surface area (TPSA) is 71.0 Å². The van der Waals surface area contributed by atoms with Gasteiger partial charge in [-0.1, -0.05) is 11.6 Å². The van der Waals surface area contributed by atoms with Crippen LogP contribution >= 0.6 is 11.6 Å². The lowest BCUT2D eigenvalue weighted by atomic mass is 10.2. The van der Waals surface area contributed by atoms with Crippen molar-refractivity contribution in [3.05, 3.63) is 50.7 Å². The van der Waals surface area contributed by atoms with E-state index in [1.165, 1.54) is 12.3 Å². The van der Waals surface area contributed by atoms with E-state index in [2.05, 4.69) is 10.1 Å². The number of carbonyl (C=O) groups excluding carboxylic acids is 1. The van der Waals surface area contributed by atoms with Gasteiger partial charge in [0.25, 0.3) is 11.5 Å². The first-order valence-corrected chi connectivity index (χ1v) is 7.54. The molecule has 3 rings (SSSR count). The van der Waals surface area contributed by atoms with Crippen molar-refractivity contribution >= 4 is 17.5 Å². The number of rotatable bonds is 2. The van der Waals surface area contributed by atoms with Gasteiger partial charge in [0.15, 0.2) is 0 Å². The van der Waals surface area contributed by atoms with Crippen LogP contribution in [-0.2, 0) is 0 Å². The Balaban J connectivity index is 1.77. The Bertz CT molecular complexity index is 780. The zero-order valence-corrected chi connectivity index (χ0v) is 13.2. The molecule has 2 aromatic heterocycles. The summed E-state index contributed by atoms with van der Waals surface area (Å²) in [4.78, 5) is 28.0. The molecule has 1 atom stereocenters. The number of aromatic amines is 1. The second kappa shape index (κ2) is 5.61. The second-order valence-electron chi connectivity index (χ2n) is 5.63. The van der Waals surface area contributed by atoms with Crippen LogP contribution in [0.3, 0.4) is 0 Å². The molecule has 0 saturated carbocycles. The number of nitrogens with one attached hydrogen (secondary N) is 1. The minimum absolute atomic E-state index is 0.0279. The van der Waals surface area contributed by atoms with Crippen LogP contribution in [0, 0.1) is 13.8 Å². The van der Waals surface area contributed by atoms with E-state index in [1.807, 2.05) is 24.6 Å². The maximum Gasteiger partial charge on any atom is 0.266 e. The van der Waals surface area contributed by atoms with Crippen molar-refractivity contribution in [2.45, 2.75) is 26.3 Å². The van der Waals surface area contributed by atoms with Crippen LogP contribution in [0.25, 0.3) is 0 Å². The number of pyridine rings is 1. The molecule has 1 aliphatic heterocycles. The molecule has 7 heteroatoms. The number of hydrogen-bond acceptors (Lipinski definition) is 3. The number of nitrogens with zero attached hydrogens (tertiary/aromatic N) is 3. The van der Waals surface area contributed by atoms with Crippen molar-refractivity contribution in [2.75, 3.05) is 13.1 Å². The summed E-state index contributed by atoms with van der Waals surface area (Å²) in [6.45, 7) is 5.26. The van der Waals surface area contributed by atoms with E-state index < -0.39 is 0 Å². The van der Waals surface area contributed by atoms with Crippen LogP contribution in [0.2, 0.25) is 5.02 Å². The molecule has 22 heavy (non-hydrogen) atoms. The Hall–Kier alpha value is -2.08. The Labute approximate surface area is 132 Å². The van der Waals surface area contributed by atoms with E-state index in [9.17, 15) is 9.59 Å². The number of likely N-dealkylation sites (tertiary alicyclic amines) is 1. The highest BCUT2D eigenvalue weighted by Gasteiger charge is 2.29. The third-order valence-electron chi connectivity index (χ3n) is 3.95. The van der Waals surface area contributed by atoms with Gasteiger partial charge in [-0.05, 0) is 32.4 Å². The summed E-state index contributed by atoms with van der Waals surface area (Å²) in [5.41, 5.74) is 2.09. The molecule has 0 radical (unpaired) electrons. The van der Waals surface area contributed by atoms with Crippen molar-refractivity contribution < 1.29 is 4.79 Å². The predicted molar refractivity (Wildman–Crippen MR) is 83.3 cm³/mol. The molecule has 3 heterocycles. The maximum atomic E-state index is 12.5. The van der Waals surface area contributed by atoms with E-state index in [-0.39, 0.29) is 22.5 Å². The standard InChI is InChI=1S/C15H17ClN4O2/c1-9-5-10(2)20(18-9)12-3-4-19(8-12)15(22)11-6-13(16)14(21)17-7-11/h5-7,12H,3-4,8H2,1-2H3,(H,17,21). The summed E-state index contributed by atoms with van der Waals surface area (Å²) in [5.74, 6) is -0.123. The van der Waals surface area contributed by atoms with Crippen molar-refractivity contribution in [2.24, 2.45) is 0 Å². The summed E-state index contributed by atoms with van der Waals surface area (Å²) in [6, 6.07) is 3.64. The third-order valence-corrected chi connectivity index (χ3v) is 4.23. The molecule has 0 bridgehead atoms. The normalized spacial score (nSPS) is 18.0. The van der Waals surface area contributed by atoms with Crippen LogP contribution in [0.5, 0.6) is 0 Å². The summed E-state index contributed by atoms with van der Waals surface area (Å²) < 4.78 is 1.99. The van der Waals surface area contributed by atoms with Crippen molar-refractivity contribution in [3.63, 3.8) is 0 Å². The quantitative estimate of drug-likeness (QED) is 0.919. The molecule has 0 aromatic carbocycles. The van der Waals surface area contributed by atoms with Gasteiger partial charge in [0.1, 0.15) is 5.02 Å². The highest BCUT2D eigenvalue weighted by molar-refractivity contribution is 6.30. The van der Waals surface area contributed by atoms with Gasteiger partial charge >= 0.3 is 0 Å². The minimum atomic E-state index is -0.389. The van der Waals surface area contributed by atoms with Gasteiger partial charge in [-0.3, -0.25) is 14.3 Å². The Morgan fingerprint density at radius 1 is 1.41 bits per heavy atom. The molecule has 116 valence electrons. The summed E-state index contributed by atoms with van der Waals surface area (Å²) in [5, 5.41) is 4.52. The van der Waals surface area contributed by atoms with Gasteiger partial charge in [0, 0.05) is 25.0 Å². The molecule has 1 saturated heterocycles. The molecule has 1 unspecified atom stereocenters. The first-order chi connectivity index (χ1) is 10.5. The number of hydrogen-bond donors (Lipinski definition) is 1. The van der Waals surface area contributed by atoms with Gasteiger partial charge in [-0.2, -0.15) is 5.10 Å². The van der Waals surface area contributed by atoms with E-state index >= 15 is 0 Å². The fraction of sp³-hybridized carbons (Fsp3) is 0.400. The Morgan fingerprint density at radius 3 is 2.82 bits per heavy atom. The SMILES string of the molecule is Cc1cc(C)n(C2CCN(C(=O)c3c[nH]c(=O)c(Cl)c3)C2)n1. The maximum absolute atomic E-state index is 12.5. The van der Waals surface area contributed by atoms with Gasteiger partial charge in [0.2, 0.25) is 0 Å². The van der Waals surface area contributed by atoms with Gasteiger partial charge in [-0.15, -0.1) is 0 Å². The molecule has 6 nitrogen and oxygen atoms in total. The lowest BCUT2D eigenvalue weighted by Crippen LogP contribution is -2.30. The molecule has 0 aliphatic carbocycles. The fourth-order valence-electron chi connectivity index (χ4n) is 2.90. The molecule has 1 N–H and O–H groups in total. The Kier molecular flexibility index (Phi) is 3.78. The van der Waals surface area contributed by atoms with Crippen LogP contribution < -0.4 is 5.56 Å². The lowest BCUT2D eigenvalue weighted by Gasteiger charge is -2.17. The molecular weight excluding hydrogens is 304 g/mol. The fourth-order valence-corrected chi connectivity index (χ4v) is 3.08. The van der Waals surface area contributed by atoms with Crippen LogP contribution in [0.15, 0.2) is 23.1 Å².